The number of rotatable bonds is 2. The van der Waals surface area contributed by atoms with Crippen molar-refractivity contribution in [3.05, 3.63) is 30.3 Å². The van der Waals surface area contributed by atoms with E-state index in [-0.39, 0.29) is 6.10 Å². The van der Waals surface area contributed by atoms with Crippen molar-refractivity contribution in [3.63, 3.8) is 0 Å². The summed E-state index contributed by atoms with van der Waals surface area (Å²) < 4.78 is 31.2. The molecule has 1 aromatic rings. The third-order valence-corrected chi connectivity index (χ3v) is 5.71. The Hall–Kier alpha value is -0.950. The molecule has 2 aliphatic rings. The molecule has 2 saturated heterocycles. The molecule has 98 valence electrons. The quantitative estimate of drug-likeness (QED) is 0.774. The van der Waals surface area contributed by atoms with Crippen LogP contribution in [-0.2, 0) is 14.6 Å². The van der Waals surface area contributed by atoms with Crippen LogP contribution in [0.3, 0.4) is 0 Å². The molecule has 0 radical (unpaired) electrons. The van der Waals surface area contributed by atoms with Crippen LogP contribution >= 0.6 is 0 Å². The number of nitrogens with one attached hydrogen (secondary N) is 2. The number of ether oxygens (including phenoxy) is 1. The molecule has 0 spiro atoms. The first-order valence-electron chi connectivity index (χ1n) is 6.03. The van der Waals surface area contributed by atoms with E-state index in [2.05, 4.69) is 10.6 Å². The zero-order chi connectivity index (χ0) is 12.6. The summed E-state index contributed by atoms with van der Waals surface area (Å²) in [6.07, 6.45) is -0.0778. The first-order chi connectivity index (χ1) is 8.64. The summed E-state index contributed by atoms with van der Waals surface area (Å²) in [5, 5.41) is 6.32. The Kier molecular flexibility index (Phi) is 2.90. The second-order valence-corrected chi connectivity index (χ2v) is 6.95. The summed E-state index contributed by atoms with van der Waals surface area (Å²) >= 11 is 0. The Bertz CT molecular complexity index is 520. The molecule has 5 nitrogen and oxygen atoms in total. The Morgan fingerprint density at radius 2 is 1.72 bits per heavy atom. The predicted molar refractivity (Wildman–Crippen MR) is 67.0 cm³/mol. The third kappa shape index (κ3) is 1.76. The van der Waals surface area contributed by atoms with Crippen LogP contribution in [0.5, 0.6) is 0 Å². The van der Waals surface area contributed by atoms with Crippen molar-refractivity contribution in [1.29, 1.82) is 0 Å². The van der Waals surface area contributed by atoms with E-state index in [4.69, 9.17) is 4.74 Å². The zero-order valence-electron chi connectivity index (χ0n) is 9.93. The average molecular weight is 268 g/mol. The van der Waals surface area contributed by atoms with Crippen LogP contribution in [0.2, 0.25) is 0 Å². The zero-order valence-corrected chi connectivity index (χ0v) is 10.7. The van der Waals surface area contributed by atoms with Crippen molar-refractivity contribution in [2.75, 3.05) is 26.2 Å². The van der Waals surface area contributed by atoms with Gasteiger partial charge < -0.3 is 15.4 Å². The highest BCUT2D eigenvalue weighted by Crippen LogP contribution is 2.31. The Morgan fingerprint density at radius 1 is 1.11 bits per heavy atom. The first kappa shape index (κ1) is 12.1. The molecule has 0 atom stereocenters. The average Bonchev–Trinajstić information content (AvgIpc) is 2.40. The van der Waals surface area contributed by atoms with Crippen molar-refractivity contribution in [3.8, 4) is 0 Å². The predicted octanol–water partition coefficient (Wildman–Crippen LogP) is -0.252. The minimum absolute atomic E-state index is 0.0778. The van der Waals surface area contributed by atoms with E-state index in [1.807, 2.05) is 0 Å². The molecule has 2 heterocycles. The minimum atomic E-state index is -3.50. The molecule has 6 heteroatoms. The normalized spacial score (nSPS) is 32.1. The van der Waals surface area contributed by atoms with Crippen LogP contribution in [-0.4, -0.2) is 45.6 Å². The Labute approximate surface area is 106 Å². The molecule has 1 aromatic carbocycles. The summed E-state index contributed by atoms with van der Waals surface area (Å²) in [7, 11) is -3.50. The fourth-order valence-corrected chi connectivity index (χ4v) is 4.31. The summed E-state index contributed by atoms with van der Waals surface area (Å²) in [5.74, 6) is 0. The van der Waals surface area contributed by atoms with Gasteiger partial charge in [0.05, 0.1) is 11.0 Å². The lowest BCUT2D eigenvalue weighted by atomic mass is 10.2. The Morgan fingerprint density at radius 3 is 2.33 bits per heavy atom. The topological polar surface area (TPSA) is 67.4 Å². The summed E-state index contributed by atoms with van der Waals surface area (Å²) in [4.78, 5) is -0.855. The van der Waals surface area contributed by atoms with Crippen molar-refractivity contribution in [2.45, 2.75) is 15.9 Å². The van der Waals surface area contributed by atoms with E-state index in [0.717, 1.165) is 0 Å². The number of hydrogen-bond acceptors (Lipinski definition) is 5. The highest BCUT2D eigenvalue weighted by Gasteiger charge is 2.51. The van der Waals surface area contributed by atoms with Gasteiger partial charge in [0, 0.05) is 26.2 Å². The maximum atomic E-state index is 12.7. The number of hydrogen-bond donors (Lipinski definition) is 2. The van der Waals surface area contributed by atoms with Gasteiger partial charge in [0.15, 0.2) is 4.93 Å². The molecule has 0 aromatic heterocycles. The SMILES string of the molecule is O=S(=O)(c1ccccc1)C12CNCC(CNC1)O2. The van der Waals surface area contributed by atoms with Crippen molar-refractivity contribution in [2.24, 2.45) is 0 Å². The number of morpholine rings is 2. The van der Waals surface area contributed by atoms with E-state index in [1.165, 1.54) is 0 Å². The molecule has 2 bridgehead atoms. The van der Waals surface area contributed by atoms with Gasteiger partial charge in [-0.3, -0.25) is 0 Å². The molecule has 0 saturated carbocycles. The van der Waals surface area contributed by atoms with Gasteiger partial charge in [-0.1, -0.05) is 18.2 Å². The largest absolute Gasteiger partial charge is 0.350 e. The molecule has 0 aliphatic carbocycles. The van der Waals surface area contributed by atoms with E-state index in [1.54, 1.807) is 30.3 Å². The second kappa shape index (κ2) is 4.31. The molecule has 3 rings (SSSR count). The second-order valence-electron chi connectivity index (χ2n) is 4.73. The number of fused-ring (bicyclic) bond motifs is 2. The molecule has 2 fully saturated rings. The Balaban J connectivity index is 2.02. The fourth-order valence-electron chi connectivity index (χ4n) is 2.52. The molecule has 2 N–H and O–H groups in total. The lowest BCUT2D eigenvalue weighted by Gasteiger charge is -2.45. The van der Waals surface area contributed by atoms with Crippen LogP contribution < -0.4 is 10.6 Å². The first-order valence-corrected chi connectivity index (χ1v) is 7.51. The van der Waals surface area contributed by atoms with E-state index >= 15 is 0 Å². The molecule has 0 unspecified atom stereocenters. The van der Waals surface area contributed by atoms with Gasteiger partial charge in [-0.2, -0.15) is 0 Å². The van der Waals surface area contributed by atoms with Crippen molar-refractivity contribution >= 4 is 9.84 Å². The van der Waals surface area contributed by atoms with Crippen LogP contribution in [0.25, 0.3) is 0 Å². The molecular weight excluding hydrogens is 252 g/mol. The van der Waals surface area contributed by atoms with Crippen LogP contribution in [0.1, 0.15) is 0 Å². The highest BCUT2D eigenvalue weighted by molar-refractivity contribution is 7.92. The van der Waals surface area contributed by atoms with Gasteiger partial charge in [0.1, 0.15) is 0 Å². The van der Waals surface area contributed by atoms with Gasteiger partial charge in [-0.25, -0.2) is 8.42 Å². The van der Waals surface area contributed by atoms with E-state index in [9.17, 15) is 8.42 Å². The number of sulfone groups is 1. The van der Waals surface area contributed by atoms with E-state index in [0.29, 0.717) is 31.1 Å². The maximum Gasteiger partial charge on any atom is 0.210 e. The fraction of sp³-hybridized carbons (Fsp3) is 0.500. The van der Waals surface area contributed by atoms with Crippen LogP contribution in [0.15, 0.2) is 35.2 Å². The summed E-state index contributed by atoms with van der Waals surface area (Å²) in [5.41, 5.74) is 0. The van der Waals surface area contributed by atoms with Gasteiger partial charge in [-0.05, 0) is 12.1 Å². The van der Waals surface area contributed by atoms with Gasteiger partial charge in [0.2, 0.25) is 9.84 Å². The van der Waals surface area contributed by atoms with Crippen LogP contribution in [0.4, 0.5) is 0 Å². The smallest absolute Gasteiger partial charge is 0.210 e. The van der Waals surface area contributed by atoms with Crippen molar-refractivity contribution < 1.29 is 13.2 Å². The van der Waals surface area contributed by atoms with Gasteiger partial charge >= 0.3 is 0 Å². The third-order valence-electron chi connectivity index (χ3n) is 3.46. The van der Waals surface area contributed by atoms with E-state index < -0.39 is 14.8 Å². The van der Waals surface area contributed by atoms with Crippen LogP contribution in [0, 0.1) is 0 Å². The molecule has 2 aliphatic heterocycles. The standard InChI is InChI=1S/C12H16N2O3S/c15-18(16,11-4-2-1-3-5-11)12-8-13-6-10(17-12)7-14-9-12/h1-5,10,13-14H,6-9H2. The monoisotopic (exact) mass is 268 g/mol. The molecule has 0 amide bonds. The van der Waals surface area contributed by atoms with Gasteiger partial charge in [0.25, 0.3) is 0 Å². The molecule has 18 heavy (non-hydrogen) atoms. The molecular formula is C12H16N2O3S. The van der Waals surface area contributed by atoms with Crippen molar-refractivity contribution in [1.82, 2.24) is 10.6 Å². The summed E-state index contributed by atoms with van der Waals surface area (Å²) in [6.45, 7) is 2.04. The van der Waals surface area contributed by atoms with Gasteiger partial charge in [-0.15, -0.1) is 0 Å². The lowest BCUT2D eigenvalue weighted by molar-refractivity contribution is -0.0859. The number of benzene rings is 1. The maximum absolute atomic E-state index is 12.7. The lowest BCUT2D eigenvalue weighted by Crippen LogP contribution is -2.67. The minimum Gasteiger partial charge on any atom is -0.350 e. The highest BCUT2D eigenvalue weighted by atomic mass is 32.2. The summed E-state index contributed by atoms with van der Waals surface area (Å²) in [6, 6.07) is 8.50.